The highest BCUT2D eigenvalue weighted by atomic mass is 79.9. The molecule has 1 heterocycles. The molecule has 1 unspecified atom stereocenters. The van der Waals surface area contributed by atoms with Crippen LogP contribution < -0.4 is 11.0 Å². The number of nitrogens with one attached hydrogen (secondary N) is 3. The highest BCUT2D eigenvalue weighted by Gasteiger charge is 2.22. The molecule has 0 saturated carbocycles. The molecule has 1 atom stereocenters. The molecule has 2 aromatic carbocycles. The lowest BCUT2D eigenvalue weighted by atomic mass is 10.1. The minimum absolute atomic E-state index is 0.168. The fourth-order valence-electron chi connectivity index (χ4n) is 3.06. The van der Waals surface area contributed by atoms with Crippen molar-refractivity contribution >= 4 is 32.7 Å². The summed E-state index contributed by atoms with van der Waals surface area (Å²) in [6.45, 7) is 0. The molecule has 5 heteroatoms. The number of anilines is 1. The summed E-state index contributed by atoms with van der Waals surface area (Å²) in [4.78, 5) is 16.9. The Kier molecular flexibility index (Phi) is 2.89. The standard InChI is InChI=1S/C16H14BrN3O/c17-10-2-4-12-9(7-10)1-5-13(12)18-11-3-6-14-15(8-11)20-16(21)19-14/h2-4,6-8,13,18H,1,5H2,(H2,19,20,21). The van der Waals surface area contributed by atoms with E-state index in [2.05, 4.69) is 49.4 Å². The van der Waals surface area contributed by atoms with Crippen LogP contribution in [0.15, 0.2) is 45.7 Å². The summed E-state index contributed by atoms with van der Waals surface area (Å²) in [5, 5.41) is 3.57. The number of H-pyrrole nitrogens is 2. The molecule has 0 aliphatic heterocycles. The zero-order chi connectivity index (χ0) is 14.4. The maximum Gasteiger partial charge on any atom is 0.323 e. The highest BCUT2D eigenvalue weighted by Crippen LogP contribution is 2.35. The molecular formula is C16H14BrN3O. The van der Waals surface area contributed by atoms with Crippen LogP contribution in [0.1, 0.15) is 23.6 Å². The van der Waals surface area contributed by atoms with Crippen LogP contribution in [0.25, 0.3) is 11.0 Å². The summed E-state index contributed by atoms with van der Waals surface area (Å²) in [6.07, 6.45) is 2.18. The quantitative estimate of drug-likeness (QED) is 0.664. The van der Waals surface area contributed by atoms with Crippen molar-refractivity contribution in [3.05, 3.63) is 62.5 Å². The second-order valence-electron chi connectivity index (χ2n) is 5.42. The maximum atomic E-state index is 11.3. The Balaban J connectivity index is 1.65. The van der Waals surface area contributed by atoms with Crippen LogP contribution in [0, 0.1) is 0 Å². The van der Waals surface area contributed by atoms with Gasteiger partial charge in [-0.05, 0) is 54.3 Å². The summed E-state index contributed by atoms with van der Waals surface area (Å²) in [5.74, 6) is 0. The molecule has 0 bridgehead atoms. The molecule has 0 fully saturated rings. The second kappa shape index (κ2) is 4.77. The van der Waals surface area contributed by atoms with E-state index in [1.54, 1.807) is 0 Å². The second-order valence-corrected chi connectivity index (χ2v) is 6.33. The van der Waals surface area contributed by atoms with Gasteiger partial charge < -0.3 is 15.3 Å². The van der Waals surface area contributed by atoms with Gasteiger partial charge in [0.25, 0.3) is 0 Å². The molecule has 1 aliphatic rings. The van der Waals surface area contributed by atoms with Crippen LogP contribution in [-0.4, -0.2) is 9.97 Å². The average Bonchev–Trinajstić information content (AvgIpc) is 3.01. The van der Waals surface area contributed by atoms with Crippen LogP contribution in [0.4, 0.5) is 5.69 Å². The minimum Gasteiger partial charge on any atom is -0.378 e. The van der Waals surface area contributed by atoms with Crippen molar-refractivity contribution in [2.24, 2.45) is 0 Å². The molecule has 3 aromatic rings. The van der Waals surface area contributed by atoms with E-state index in [9.17, 15) is 4.79 Å². The number of benzene rings is 2. The number of rotatable bonds is 2. The van der Waals surface area contributed by atoms with Gasteiger partial charge in [-0.1, -0.05) is 22.0 Å². The molecule has 0 saturated heterocycles. The fourth-order valence-corrected chi connectivity index (χ4v) is 3.47. The Bertz CT molecular complexity index is 881. The van der Waals surface area contributed by atoms with E-state index in [0.717, 1.165) is 34.0 Å². The molecule has 3 N–H and O–H groups in total. The minimum atomic E-state index is -0.168. The molecule has 21 heavy (non-hydrogen) atoms. The van der Waals surface area contributed by atoms with E-state index in [-0.39, 0.29) is 5.69 Å². The van der Waals surface area contributed by atoms with E-state index < -0.39 is 0 Å². The largest absolute Gasteiger partial charge is 0.378 e. The number of hydrogen-bond acceptors (Lipinski definition) is 2. The normalized spacial score (nSPS) is 17.1. The Morgan fingerprint density at radius 2 is 1.95 bits per heavy atom. The van der Waals surface area contributed by atoms with Crippen molar-refractivity contribution in [2.75, 3.05) is 5.32 Å². The SMILES string of the molecule is O=c1[nH]c2ccc(NC3CCc4cc(Br)ccc43)cc2[nH]1. The van der Waals surface area contributed by atoms with Crippen LogP contribution in [0.5, 0.6) is 0 Å². The molecule has 0 spiro atoms. The lowest BCUT2D eigenvalue weighted by molar-refractivity contribution is 0.762. The summed E-state index contributed by atoms with van der Waals surface area (Å²) in [6, 6.07) is 12.7. The average molecular weight is 344 g/mol. The van der Waals surface area contributed by atoms with E-state index in [1.165, 1.54) is 11.1 Å². The van der Waals surface area contributed by atoms with Crippen molar-refractivity contribution in [2.45, 2.75) is 18.9 Å². The first-order valence-corrected chi connectivity index (χ1v) is 7.75. The van der Waals surface area contributed by atoms with E-state index in [4.69, 9.17) is 0 Å². The van der Waals surface area contributed by atoms with Crippen LogP contribution in [-0.2, 0) is 6.42 Å². The topological polar surface area (TPSA) is 60.7 Å². The molecule has 0 radical (unpaired) electrons. The number of aryl methyl sites for hydroxylation is 1. The predicted octanol–water partition coefficient (Wildman–Crippen LogP) is 3.72. The number of imidazole rings is 1. The van der Waals surface area contributed by atoms with Gasteiger partial charge in [-0.15, -0.1) is 0 Å². The van der Waals surface area contributed by atoms with E-state index >= 15 is 0 Å². The zero-order valence-corrected chi connectivity index (χ0v) is 12.8. The monoisotopic (exact) mass is 343 g/mol. The van der Waals surface area contributed by atoms with Gasteiger partial charge in [0.15, 0.2) is 0 Å². The van der Waals surface area contributed by atoms with Crippen molar-refractivity contribution in [1.29, 1.82) is 0 Å². The molecule has 0 amide bonds. The Labute approximate surface area is 129 Å². The summed E-state index contributed by atoms with van der Waals surface area (Å²) in [5.41, 5.74) is 5.29. The zero-order valence-electron chi connectivity index (χ0n) is 11.2. The first-order chi connectivity index (χ1) is 10.2. The maximum absolute atomic E-state index is 11.3. The van der Waals surface area contributed by atoms with Gasteiger partial charge >= 0.3 is 5.69 Å². The first-order valence-electron chi connectivity index (χ1n) is 6.96. The van der Waals surface area contributed by atoms with E-state index in [1.807, 2.05) is 18.2 Å². The number of aromatic amines is 2. The van der Waals surface area contributed by atoms with Gasteiger partial charge in [0.1, 0.15) is 0 Å². The summed E-state index contributed by atoms with van der Waals surface area (Å²) >= 11 is 3.52. The van der Waals surface area contributed by atoms with Crippen LogP contribution in [0.3, 0.4) is 0 Å². The van der Waals surface area contributed by atoms with Gasteiger partial charge in [-0.3, -0.25) is 0 Å². The summed E-state index contributed by atoms with van der Waals surface area (Å²) < 4.78 is 1.13. The third-order valence-corrected chi connectivity index (χ3v) is 4.53. The molecule has 1 aromatic heterocycles. The molecule has 4 rings (SSSR count). The van der Waals surface area contributed by atoms with Gasteiger partial charge in [0.05, 0.1) is 17.1 Å². The van der Waals surface area contributed by atoms with Gasteiger partial charge in [-0.2, -0.15) is 0 Å². The molecule has 4 nitrogen and oxygen atoms in total. The first kappa shape index (κ1) is 12.7. The Morgan fingerprint density at radius 3 is 2.86 bits per heavy atom. The molecule has 1 aliphatic carbocycles. The van der Waals surface area contributed by atoms with E-state index in [0.29, 0.717) is 6.04 Å². The molecular weight excluding hydrogens is 330 g/mol. The van der Waals surface area contributed by atoms with Gasteiger partial charge in [0.2, 0.25) is 0 Å². The number of hydrogen-bond donors (Lipinski definition) is 3. The smallest absolute Gasteiger partial charge is 0.323 e. The number of aromatic nitrogens is 2. The highest BCUT2D eigenvalue weighted by molar-refractivity contribution is 9.10. The predicted molar refractivity (Wildman–Crippen MR) is 87.7 cm³/mol. The van der Waals surface area contributed by atoms with Crippen LogP contribution in [0.2, 0.25) is 0 Å². The lowest BCUT2D eigenvalue weighted by Crippen LogP contribution is -2.06. The number of fused-ring (bicyclic) bond motifs is 2. The van der Waals surface area contributed by atoms with Gasteiger partial charge in [0, 0.05) is 10.2 Å². The van der Waals surface area contributed by atoms with Crippen molar-refractivity contribution in [1.82, 2.24) is 9.97 Å². The fraction of sp³-hybridized carbons (Fsp3) is 0.188. The molecule has 106 valence electrons. The third-order valence-electron chi connectivity index (χ3n) is 4.04. The van der Waals surface area contributed by atoms with Crippen molar-refractivity contribution in [3.8, 4) is 0 Å². The van der Waals surface area contributed by atoms with Crippen LogP contribution >= 0.6 is 15.9 Å². The van der Waals surface area contributed by atoms with Gasteiger partial charge in [-0.25, -0.2) is 4.79 Å². The van der Waals surface area contributed by atoms with Crippen molar-refractivity contribution in [3.63, 3.8) is 0 Å². The lowest BCUT2D eigenvalue weighted by Gasteiger charge is -2.15. The van der Waals surface area contributed by atoms with Crippen molar-refractivity contribution < 1.29 is 0 Å². The Hall–Kier alpha value is -2.01. The number of halogens is 1. The Morgan fingerprint density at radius 1 is 1.10 bits per heavy atom. The summed E-state index contributed by atoms with van der Waals surface area (Å²) in [7, 11) is 0. The third kappa shape index (κ3) is 2.27.